The summed E-state index contributed by atoms with van der Waals surface area (Å²) >= 11 is 0. The summed E-state index contributed by atoms with van der Waals surface area (Å²) in [5, 5.41) is 11.9. The molecule has 0 amide bonds. The van der Waals surface area contributed by atoms with Gasteiger partial charge in [-0.15, -0.1) is 0 Å². The lowest BCUT2D eigenvalue weighted by Crippen LogP contribution is -2.58. The van der Waals surface area contributed by atoms with Gasteiger partial charge < -0.3 is 9.47 Å². The molecule has 0 aliphatic carbocycles. The SMILES string of the molecule is CC(C)(C)OC(=O)CN[C@H](C(=O)OO)C(C(C)(C)F)C(C)(C)c1ccc(C2CCOCC2)cn1. The highest BCUT2D eigenvalue weighted by molar-refractivity contribution is 5.78. The number of carbonyl (C=O) groups is 2. The van der Waals surface area contributed by atoms with E-state index in [2.05, 4.69) is 15.2 Å². The number of nitrogens with one attached hydrogen (secondary N) is 1. The number of aromatic nitrogens is 1. The normalized spacial score (nSPS) is 17.7. The molecule has 34 heavy (non-hydrogen) atoms. The lowest BCUT2D eigenvalue weighted by molar-refractivity contribution is -0.239. The Labute approximate surface area is 201 Å². The van der Waals surface area contributed by atoms with E-state index in [1.165, 1.54) is 13.8 Å². The van der Waals surface area contributed by atoms with Crippen LogP contribution in [0, 0.1) is 5.92 Å². The van der Waals surface area contributed by atoms with E-state index < -0.39 is 40.6 Å². The monoisotopic (exact) mass is 482 g/mol. The van der Waals surface area contributed by atoms with E-state index >= 15 is 4.39 Å². The van der Waals surface area contributed by atoms with E-state index in [9.17, 15) is 9.59 Å². The van der Waals surface area contributed by atoms with Crippen LogP contribution < -0.4 is 5.32 Å². The lowest BCUT2D eigenvalue weighted by Gasteiger charge is -2.43. The summed E-state index contributed by atoms with van der Waals surface area (Å²) in [7, 11) is 0. The molecule has 192 valence electrons. The Bertz CT molecular complexity index is 823. The zero-order chi connectivity index (χ0) is 25.7. The minimum Gasteiger partial charge on any atom is -0.459 e. The fraction of sp³-hybridized carbons (Fsp3) is 0.720. The number of hydrogen-bond acceptors (Lipinski definition) is 8. The molecule has 9 heteroatoms. The average Bonchev–Trinajstić information content (AvgIpc) is 2.74. The van der Waals surface area contributed by atoms with Crippen LogP contribution in [0.4, 0.5) is 4.39 Å². The summed E-state index contributed by atoms with van der Waals surface area (Å²) in [5.41, 5.74) is -1.95. The summed E-state index contributed by atoms with van der Waals surface area (Å²) in [6, 6.07) is 2.48. The fourth-order valence-electron chi connectivity index (χ4n) is 4.85. The maximum Gasteiger partial charge on any atom is 0.359 e. The summed E-state index contributed by atoms with van der Waals surface area (Å²) in [5.74, 6) is -2.40. The van der Waals surface area contributed by atoms with Gasteiger partial charge in [0.05, 0.1) is 6.54 Å². The number of esters is 1. The number of alkyl halides is 1. The quantitative estimate of drug-likeness (QED) is 0.310. The molecule has 2 N–H and O–H groups in total. The smallest absolute Gasteiger partial charge is 0.359 e. The van der Waals surface area contributed by atoms with Crippen LogP contribution in [0.15, 0.2) is 18.3 Å². The standard InChI is InChI=1S/C25H39FN2O6/c1-23(2,3)33-19(29)15-28-20(22(30)34-31)21(25(6,7)26)24(4,5)18-9-8-17(14-27-18)16-10-12-32-13-11-16/h8-9,14,16,20-21,28,31H,10-13,15H2,1-7H3/t20-,21?/m0/s1. The van der Waals surface area contributed by atoms with Gasteiger partial charge >= 0.3 is 11.9 Å². The van der Waals surface area contributed by atoms with E-state index in [1.807, 2.05) is 12.1 Å². The highest BCUT2D eigenvalue weighted by atomic mass is 19.1. The number of ether oxygens (including phenoxy) is 2. The molecular weight excluding hydrogens is 443 g/mol. The third kappa shape index (κ3) is 7.45. The fourth-order valence-corrected chi connectivity index (χ4v) is 4.85. The molecule has 2 atom stereocenters. The van der Waals surface area contributed by atoms with Crippen molar-refractivity contribution in [2.45, 2.75) is 90.0 Å². The molecule has 1 aliphatic rings. The molecule has 2 rings (SSSR count). The third-order valence-corrected chi connectivity index (χ3v) is 6.22. The molecule has 1 aromatic rings. The second-order valence-electron chi connectivity index (χ2n) is 11.0. The largest absolute Gasteiger partial charge is 0.459 e. The molecular formula is C25H39FN2O6. The number of carbonyl (C=O) groups excluding carboxylic acids is 2. The van der Waals surface area contributed by atoms with Crippen molar-refractivity contribution < 1.29 is 33.6 Å². The average molecular weight is 483 g/mol. The molecule has 1 saturated heterocycles. The predicted octanol–water partition coefficient (Wildman–Crippen LogP) is 3.93. The van der Waals surface area contributed by atoms with Gasteiger partial charge in [-0.1, -0.05) is 19.9 Å². The molecule has 0 aromatic carbocycles. The van der Waals surface area contributed by atoms with Gasteiger partial charge in [0.15, 0.2) is 0 Å². The molecule has 8 nitrogen and oxygen atoms in total. The molecule has 1 unspecified atom stereocenters. The number of pyridine rings is 1. The molecule has 1 fully saturated rings. The second kappa shape index (κ2) is 11.1. The molecule has 0 saturated carbocycles. The van der Waals surface area contributed by atoms with E-state index in [1.54, 1.807) is 40.8 Å². The molecule has 0 bridgehead atoms. The van der Waals surface area contributed by atoms with Crippen LogP contribution in [0.2, 0.25) is 0 Å². The Kier molecular flexibility index (Phi) is 9.18. The first kappa shape index (κ1) is 28.1. The molecule has 1 aromatic heterocycles. The Balaban J connectivity index is 2.33. The first-order valence-corrected chi connectivity index (χ1v) is 11.7. The molecule has 1 aliphatic heterocycles. The maximum atomic E-state index is 15.7. The minimum absolute atomic E-state index is 0.361. The maximum absolute atomic E-state index is 15.7. The van der Waals surface area contributed by atoms with Crippen LogP contribution in [0.5, 0.6) is 0 Å². The van der Waals surface area contributed by atoms with Crippen molar-refractivity contribution in [1.29, 1.82) is 0 Å². The highest BCUT2D eigenvalue weighted by Crippen LogP contribution is 2.42. The van der Waals surface area contributed by atoms with Crippen LogP contribution in [-0.4, -0.2) is 59.2 Å². The Morgan fingerprint density at radius 2 is 1.79 bits per heavy atom. The van der Waals surface area contributed by atoms with Crippen LogP contribution in [0.1, 0.15) is 78.5 Å². The number of nitrogens with zero attached hydrogens (tertiary/aromatic N) is 1. The zero-order valence-electron chi connectivity index (χ0n) is 21.3. The topological polar surface area (TPSA) is 107 Å². The summed E-state index contributed by atoms with van der Waals surface area (Å²) < 4.78 is 26.4. The Hall–Kier alpha value is -2.10. The van der Waals surface area contributed by atoms with Gasteiger partial charge in [0.1, 0.15) is 17.3 Å². The number of rotatable bonds is 9. The van der Waals surface area contributed by atoms with Crippen molar-refractivity contribution in [3.63, 3.8) is 0 Å². The molecule has 0 radical (unpaired) electrons. The van der Waals surface area contributed by atoms with Crippen molar-refractivity contribution in [2.75, 3.05) is 19.8 Å². The Morgan fingerprint density at radius 3 is 2.26 bits per heavy atom. The van der Waals surface area contributed by atoms with Gasteiger partial charge in [-0.2, -0.15) is 5.26 Å². The van der Waals surface area contributed by atoms with Gasteiger partial charge in [0, 0.05) is 36.4 Å². The van der Waals surface area contributed by atoms with Gasteiger partial charge in [-0.25, -0.2) is 9.18 Å². The van der Waals surface area contributed by atoms with E-state index in [4.69, 9.17) is 14.7 Å². The van der Waals surface area contributed by atoms with Gasteiger partial charge in [0.25, 0.3) is 0 Å². The van der Waals surface area contributed by atoms with E-state index in [-0.39, 0.29) is 6.54 Å². The first-order chi connectivity index (χ1) is 15.7. The van der Waals surface area contributed by atoms with Crippen LogP contribution >= 0.6 is 0 Å². The van der Waals surface area contributed by atoms with Crippen molar-refractivity contribution >= 4 is 11.9 Å². The van der Waals surface area contributed by atoms with Crippen LogP contribution in [0.3, 0.4) is 0 Å². The van der Waals surface area contributed by atoms with Gasteiger partial charge in [-0.3, -0.25) is 20.0 Å². The van der Waals surface area contributed by atoms with E-state index in [0.29, 0.717) is 24.8 Å². The van der Waals surface area contributed by atoms with Crippen LogP contribution in [0.25, 0.3) is 0 Å². The van der Waals surface area contributed by atoms with Crippen molar-refractivity contribution in [1.82, 2.24) is 10.3 Å². The van der Waals surface area contributed by atoms with E-state index in [0.717, 1.165) is 18.4 Å². The Morgan fingerprint density at radius 1 is 1.18 bits per heavy atom. The zero-order valence-corrected chi connectivity index (χ0v) is 21.3. The summed E-state index contributed by atoms with van der Waals surface area (Å²) in [6.45, 7) is 12.5. The van der Waals surface area contributed by atoms with Crippen molar-refractivity contribution in [3.05, 3.63) is 29.6 Å². The third-order valence-electron chi connectivity index (χ3n) is 6.22. The van der Waals surface area contributed by atoms with Gasteiger partial charge in [-0.05, 0) is 65.0 Å². The van der Waals surface area contributed by atoms with Crippen molar-refractivity contribution in [3.8, 4) is 0 Å². The second-order valence-corrected chi connectivity index (χ2v) is 11.0. The van der Waals surface area contributed by atoms with Crippen molar-refractivity contribution in [2.24, 2.45) is 5.92 Å². The minimum atomic E-state index is -1.91. The van der Waals surface area contributed by atoms with Crippen LogP contribution in [-0.2, 0) is 29.4 Å². The highest BCUT2D eigenvalue weighted by Gasteiger charge is 2.51. The number of halogens is 1. The summed E-state index contributed by atoms with van der Waals surface area (Å²) in [6.07, 6.45) is 3.63. The van der Waals surface area contributed by atoms with Gasteiger partial charge in [0.2, 0.25) is 0 Å². The molecule has 0 spiro atoms. The molecule has 2 heterocycles. The summed E-state index contributed by atoms with van der Waals surface area (Å²) in [4.78, 5) is 33.4. The first-order valence-electron chi connectivity index (χ1n) is 11.7. The lowest BCUT2D eigenvalue weighted by atomic mass is 9.65. The number of hydrogen-bond donors (Lipinski definition) is 2. The predicted molar refractivity (Wildman–Crippen MR) is 125 cm³/mol.